The third-order valence-corrected chi connectivity index (χ3v) is 2.40. The van der Waals surface area contributed by atoms with Crippen LogP contribution in [0.5, 0.6) is 5.75 Å². The Morgan fingerprint density at radius 3 is 2.78 bits per heavy atom. The fraction of sp³-hybridized carbons (Fsp3) is 0.231. The number of benzene rings is 1. The Bertz CT molecular complexity index is 557. The average Bonchev–Trinajstić information content (AvgIpc) is 2.37. The van der Waals surface area contributed by atoms with Crippen LogP contribution in [0.15, 0.2) is 30.5 Å². The Hall–Kier alpha value is -1.81. The monoisotopic (exact) mass is 267 g/mol. The molecule has 5 heteroatoms. The van der Waals surface area contributed by atoms with Gasteiger partial charge in [0, 0.05) is 17.6 Å². The van der Waals surface area contributed by atoms with E-state index in [1.807, 2.05) is 18.2 Å². The molecule has 4 nitrogen and oxygen atoms in total. The molecule has 0 atom stereocenters. The second kappa shape index (κ2) is 6.21. The SMILES string of the molecule is CCOC(=O)c1cnc2cc(OC)ccc2c1.Cl. The van der Waals surface area contributed by atoms with E-state index < -0.39 is 0 Å². The Morgan fingerprint density at radius 2 is 2.11 bits per heavy atom. The molecule has 1 heterocycles. The molecule has 2 aromatic rings. The highest BCUT2D eigenvalue weighted by Gasteiger charge is 2.08. The van der Waals surface area contributed by atoms with Crippen molar-refractivity contribution in [3.05, 3.63) is 36.0 Å². The standard InChI is InChI=1S/C13H13NO3.ClH/c1-3-17-13(15)10-6-9-4-5-11(16-2)7-12(9)14-8-10;/h4-8H,3H2,1-2H3;1H. The van der Waals surface area contributed by atoms with Crippen molar-refractivity contribution in [2.45, 2.75) is 6.92 Å². The summed E-state index contributed by atoms with van der Waals surface area (Å²) in [6.07, 6.45) is 1.51. The van der Waals surface area contributed by atoms with E-state index in [4.69, 9.17) is 9.47 Å². The molecule has 0 N–H and O–H groups in total. The zero-order chi connectivity index (χ0) is 12.3. The summed E-state index contributed by atoms with van der Waals surface area (Å²) in [5, 5.41) is 0.886. The molecule has 0 unspecified atom stereocenters. The molecule has 2 rings (SSSR count). The van der Waals surface area contributed by atoms with Crippen LogP contribution >= 0.6 is 12.4 Å². The first-order chi connectivity index (χ1) is 8.24. The third kappa shape index (κ3) is 2.90. The van der Waals surface area contributed by atoms with Gasteiger partial charge in [0.25, 0.3) is 0 Å². The first kappa shape index (κ1) is 14.3. The summed E-state index contributed by atoms with van der Waals surface area (Å²) >= 11 is 0. The van der Waals surface area contributed by atoms with Gasteiger partial charge in [-0.2, -0.15) is 0 Å². The van der Waals surface area contributed by atoms with E-state index in [2.05, 4.69) is 4.98 Å². The predicted octanol–water partition coefficient (Wildman–Crippen LogP) is 2.84. The van der Waals surface area contributed by atoms with Crippen LogP contribution in [0.1, 0.15) is 17.3 Å². The van der Waals surface area contributed by atoms with Crippen molar-refractivity contribution in [1.29, 1.82) is 0 Å². The second-order valence-corrected chi connectivity index (χ2v) is 3.50. The lowest BCUT2D eigenvalue weighted by Gasteiger charge is -2.04. The van der Waals surface area contributed by atoms with E-state index in [0.29, 0.717) is 12.2 Å². The van der Waals surface area contributed by atoms with Crippen molar-refractivity contribution in [1.82, 2.24) is 4.98 Å². The van der Waals surface area contributed by atoms with E-state index in [-0.39, 0.29) is 18.4 Å². The fourth-order valence-corrected chi connectivity index (χ4v) is 1.55. The number of carbonyl (C=O) groups excluding carboxylic acids is 1. The van der Waals surface area contributed by atoms with Crippen LogP contribution < -0.4 is 4.74 Å². The Balaban J connectivity index is 0.00000162. The molecule has 18 heavy (non-hydrogen) atoms. The number of carbonyl (C=O) groups is 1. The molecule has 0 bridgehead atoms. The molecule has 0 aliphatic heterocycles. The number of esters is 1. The number of ether oxygens (including phenoxy) is 2. The number of rotatable bonds is 3. The molecule has 1 aromatic heterocycles. The number of aromatic nitrogens is 1. The summed E-state index contributed by atoms with van der Waals surface area (Å²) < 4.78 is 10.0. The number of methoxy groups -OCH3 is 1. The zero-order valence-corrected chi connectivity index (χ0v) is 11.0. The maximum atomic E-state index is 11.5. The van der Waals surface area contributed by atoms with E-state index in [9.17, 15) is 4.79 Å². The van der Waals surface area contributed by atoms with E-state index in [1.165, 1.54) is 6.20 Å². The number of hydrogen-bond acceptors (Lipinski definition) is 4. The maximum absolute atomic E-state index is 11.5. The molecular formula is C13H14ClNO3. The van der Waals surface area contributed by atoms with Crippen LogP contribution in [0.25, 0.3) is 10.9 Å². The number of fused-ring (bicyclic) bond motifs is 1. The topological polar surface area (TPSA) is 48.4 Å². The lowest BCUT2D eigenvalue weighted by molar-refractivity contribution is 0.0526. The van der Waals surface area contributed by atoms with Gasteiger partial charge in [-0.1, -0.05) is 0 Å². The second-order valence-electron chi connectivity index (χ2n) is 3.50. The largest absolute Gasteiger partial charge is 0.497 e. The van der Waals surface area contributed by atoms with Gasteiger partial charge in [0.15, 0.2) is 0 Å². The minimum Gasteiger partial charge on any atom is -0.497 e. The van der Waals surface area contributed by atoms with Gasteiger partial charge in [-0.3, -0.25) is 4.98 Å². The quantitative estimate of drug-likeness (QED) is 0.803. The predicted molar refractivity (Wildman–Crippen MR) is 71.5 cm³/mol. The van der Waals surface area contributed by atoms with Crippen molar-refractivity contribution < 1.29 is 14.3 Å². The van der Waals surface area contributed by atoms with Crippen LogP contribution in [0, 0.1) is 0 Å². The minimum atomic E-state index is -0.349. The molecule has 0 aliphatic carbocycles. The van der Waals surface area contributed by atoms with Crippen LogP contribution in [0.3, 0.4) is 0 Å². The summed E-state index contributed by atoms with van der Waals surface area (Å²) in [6, 6.07) is 7.28. The Labute approximate surface area is 111 Å². The number of nitrogens with zero attached hydrogens (tertiary/aromatic N) is 1. The number of hydrogen-bond donors (Lipinski definition) is 0. The Kier molecular flexibility index (Phi) is 4.92. The van der Waals surface area contributed by atoms with Gasteiger partial charge in [0.1, 0.15) is 5.75 Å². The summed E-state index contributed by atoms with van der Waals surface area (Å²) in [5.74, 6) is 0.395. The molecule has 96 valence electrons. The summed E-state index contributed by atoms with van der Waals surface area (Å²) in [4.78, 5) is 15.7. The summed E-state index contributed by atoms with van der Waals surface area (Å²) in [7, 11) is 1.61. The summed E-state index contributed by atoms with van der Waals surface area (Å²) in [5.41, 5.74) is 1.25. The molecular weight excluding hydrogens is 254 g/mol. The van der Waals surface area contributed by atoms with E-state index in [1.54, 1.807) is 20.1 Å². The first-order valence-corrected chi connectivity index (χ1v) is 5.35. The lowest BCUT2D eigenvalue weighted by atomic mass is 10.1. The highest BCUT2D eigenvalue weighted by atomic mass is 35.5. The molecule has 0 fully saturated rings. The Morgan fingerprint density at radius 1 is 1.33 bits per heavy atom. The van der Waals surface area contributed by atoms with Crippen molar-refractivity contribution in [2.75, 3.05) is 13.7 Å². The molecule has 0 saturated carbocycles. The third-order valence-electron chi connectivity index (χ3n) is 2.40. The van der Waals surface area contributed by atoms with Crippen molar-refractivity contribution in [2.24, 2.45) is 0 Å². The normalized spacial score (nSPS) is 9.67. The zero-order valence-electron chi connectivity index (χ0n) is 10.2. The fourth-order valence-electron chi connectivity index (χ4n) is 1.55. The number of halogens is 1. The van der Waals surface area contributed by atoms with Gasteiger partial charge in [-0.05, 0) is 25.1 Å². The van der Waals surface area contributed by atoms with Gasteiger partial charge >= 0.3 is 5.97 Å². The smallest absolute Gasteiger partial charge is 0.339 e. The van der Waals surface area contributed by atoms with Crippen molar-refractivity contribution in [3.8, 4) is 5.75 Å². The van der Waals surface area contributed by atoms with Gasteiger partial charge in [-0.25, -0.2) is 4.79 Å². The van der Waals surface area contributed by atoms with E-state index in [0.717, 1.165) is 16.7 Å². The average molecular weight is 268 g/mol. The van der Waals surface area contributed by atoms with Crippen LogP contribution in [-0.4, -0.2) is 24.7 Å². The maximum Gasteiger partial charge on any atom is 0.339 e. The molecule has 0 spiro atoms. The van der Waals surface area contributed by atoms with Crippen LogP contribution in [0.4, 0.5) is 0 Å². The van der Waals surface area contributed by atoms with Gasteiger partial charge in [0.05, 0.1) is 24.8 Å². The lowest BCUT2D eigenvalue weighted by Crippen LogP contribution is -2.04. The van der Waals surface area contributed by atoms with Gasteiger partial charge in [-0.15, -0.1) is 12.4 Å². The highest BCUT2D eigenvalue weighted by molar-refractivity contribution is 5.93. The summed E-state index contributed by atoms with van der Waals surface area (Å²) in [6.45, 7) is 2.14. The molecule has 0 amide bonds. The number of pyridine rings is 1. The van der Waals surface area contributed by atoms with Crippen LogP contribution in [0.2, 0.25) is 0 Å². The van der Waals surface area contributed by atoms with Gasteiger partial charge < -0.3 is 9.47 Å². The molecule has 0 radical (unpaired) electrons. The van der Waals surface area contributed by atoms with Crippen molar-refractivity contribution >= 4 is 29.3 Å². The molecule has 0 saturated heterocycles. The minimum absolute atomic E-state index is 0. The van der Waals surface area contributed by atoms with Gasteiger partial charge in [0.2, 0.25) is 0 Å². The van der Waals surface area contributed by atoms with Crippen molar-refractivity contribution in [3.63, 3.8) is 0 Å². The first-order valence-electron chi connectivity index (χ1n) is 5.35. The molecule has 1 aromatic carbocycles. The van der Waals surface area contributed by atoms with E-state index >= 15 is 0 Å². The highest BCUT2D eigenvalue weighted by Crippen LogP contribution is 2.19. The van der Waals surface area contributed by atoms with Crippen LogP contribution in [-0.2, 0) is 4.74 Å². The molecule has 0 aliphatic rings.